The van der Waals surface area contributed by atoms with Crippen LogP contribution in [0.4, 0.5) is 0 Å². The Morgan fingerprint density at radius 2 is 1.96 bits per heavy atom. The Kier molecular flexibility index (Phi) is 4.05. The number of benzene rings is 2. The zero-order valence-corrected chi connectivity index (χ0v) is 15.8. The van der Waals surface area contributed by atoms with Crippen molar-refractivity contribution in [1.29, 1.82) is 0 Å². The van der Waals surface area contributed by atoms with E-state index in [-0.39, 0.29) is 12.5 Å². The van der Waals surface area contributed by atoms with Gasteiger partial charge in [-0.15, -0.1) is 0 Å². The third kappa shape index (κ3) is 2.93. The predicted octanol–water partition coefficient (Wildman–Crippen LogP) is 4.13. The molecule has 0 atom stereocenters. The molecule has 2 aromatic rings. The summed E-state index contributed by atoms with van der Waals surface area (Å²) in [6, 6.07) is 11.2. The number of carbonyl (C=O) groups excluding carboxylic acids is 1. The average Bonchev–Trinajstić information content (AvgIpc) is 3.14. The minimum atomic E-state index is -0.478. The minimum absolute atomic E-state index is 0.193. The zero-order chi connectivity index (χ0) is 16.7. The van der Waals surface area contributed by atoms with Crippen LogP contribution < -0.4 is 9.47 Å². The number of rotatable bonds is 2. The van der Waals surface area contributed by atoms with Gasteiger partial charge in [0.2, 0.25) is 12.7 Å². The van der Waals surface area contributed by atoms with Crippen molar-refractivity contribution in [3.63, 3.8) is 0 Å². The molecule has 0 amide bonds. The molecule has 0 aliphatic carbocycles. The minimum Gasteiger partial charge on any atom is -0.454 e. The summed E-state index contributed by atoms with van der Waals surface area (Å²) < 4.78 is 17.8. The van der Waals surface area contributed by atoms with Crippen LogP contribution in [0.2, 0.25) is 0 Å². The lowest BCUT2D eigenvalue weighted by Crippen LogP contribution is -2.05. The van der Waals surface area contributed by atoms with E-state index in [1.807, 2.05) is 24.3 Å². The fourth-order valence-electron chi connectivity index (χ4n) is 2.34. The molecule has 0 radical (unpaired) electrons. The summed E-state index contributed by atoms with van der Waals surface area (Å²) in [6.07, 6.45) is 1.66. The molecule has 7 heteroatoms. The van der Waals surface area contributed by atoms with E-state index >= 15 is 0 Å². The molecule has 0 saturated heterocycles. The average molecular weight is 498 g/mol. The van der Waals surface area contributed by atoms with Crippen LogP contribution in [-0.2, 0) is 9.53 Å². The highest BCUT2D eigenvalue weighted by Crippen LogP contribution is 2.38. The normalized spacial score (nSPS) is 17.2. The monoisotopic (exact) mass is 497 g/mol. The molecular weight excluding hydrogens is 489 g/mol. The lowest BCUT2D eigenvalue weighted by molar-refractivity contribution is -0.129. The molecule has 24 heavy (non-hydrogen) atoms. The molecule has 2 aromatic carbocycles. The van der Waals surface area contributed by atoms with Crippen molar-refractivity contribution >= 4 is 56.5 Å². The Hall–Kier alpha value is -1.87. The van der Waals surface area contributed by atoms with E-state index in [1.54, 1.807) is 18.2 Å². The molecule has 4 rings (SSSR count). The Balaban J connectivity index is 1.71. The summed E-state index contributed by atoms with van der Waals surface area (Å²) in [4.78, 5) is 16.4. The van der Waals surface area contributed by atoms with Crippen LogP contribution in [0, 0.1) is 3.57 Å². The number of hydrogen-bond acceptors (Lipinski definition) is 5. The quantitative estimate of drug-likeness (QED) is 0.355. The van der Waals surface area contributed by atoms with Crippen molar-refractivity contribution in [1.82, 2.24) is 0 Å². The molecule has 2 aliphatic rings. The van der Waals surface area contributed by atoms with Crippen molar-refractivity contribution in [3.8, 4) is 11.5 Å². The summed E-state index contributed by atoms with van der Waals surface area (Å²) in [7, 11) is 0. The van der Waals surface area contributed by atoms with Crippen molar-refractivity contribution in [2.24, 2.45) is 4.99 Å². The molecule has 2 aliphatic heterocycles. The number of halogens is 2. The van der Waals surface area contributed by atoms with Crippen molar-refractivity contribution < 1.29 is 19.0 Å². The summed E-state index contributed by atoms with van der Waals surface area (Å²) in [5, 5.41) is 0. The first kappa shape index (κ1) is 15.6. The van der Waals surface area contributed by atoms with Gasteiger partial charge in [-0.25, -0.2) is 9.79 Å². The van der Waals surface area contributed by atoms with Gasteiger partial charge in [-0.05, 0) is 64.6 Å². The lowest BCUT2D eigenvalue weighted by Gasteiger charge is -2.02. The second kappa shape index (κ2) is 6.21. The number of carbonyl (C=O) groups is 1. The second-order valence-electron chi connectivity index (χ2n) is 5.07. The third-order valence-corrected chi connectivity index (χ3v) is 4.83. The maximum absolute atomic E-state index is 12.1. The Morgan fingerprint density at radius 1 is 1.17 bits per heavy atom. The van der Waals surface area contributed by atoms with Crippen LogP contribution in [0.3, 0.4) is 0 Å². The molecule has 0 saturated carbocycles. The zero-order valence-electron chi connectivity index (χ0n) is 12.1. The van der Waals surface area contributed by atoms with Gasteiger partial charge in [0, 0.05) is 13.6 Å². The van der Waals surface area contributed by atoms with Gasteiger partial charge in [0.1, 0.15) is 0 Å². The fourth-order valence-corrected chi connectivity index (χ4v) is 3.32. The Labute approximate surface area is 159 Å². The largest absolute Gasteiger partial charge is 0.454 e. The van der Waals surface area contributed by atoms with Gasteiger partial charge in [-0.2, -0.15) is 0 Å². The highest BCUT2D eigenvalue weighted by molar-refractivity contribution is 14.1. The molecule has 0 unspecified atom stereocenters. The second-order valence-corrected chi connectivity index (χ2v) is 7.17. The van der Waals surface area contributed by atoms with Gasteiger partial charge in [-0.3, -0.25) is 0 Å². The third-order valence-electron chi connectivity index (χ3n) is 3.48. The molecule has 0 fully saturated rings. The predicted molar refractivity (Wildman–Crippen MR) is 100 cm³/mol. The van der Waals surface area contributed by atoms with Crippen LogP contribution in [0.5, 0.6) is 11.5 Å². The topological polar surface area (TPSA) is 57.1 Å². The number of aliphatic imine (C=N–C) groups is 1. The summed E-state index contributed by atoms with van der Waals surface area (Å²) in [5.41, 5.74) is 1.77. The van der Waals surface area contributed by atoms with Gasteiger partial charge in [-0.1, -0.05) is 22.0 Å². The number of hydrogen-bond donors (Lipinski definition) is 0. The number of ether oxygens (including phenoxy) is 3. The maximum atomic E-state index is 12.1. The highest BCUT2D eigenvalue weighted by Gasteiger charge is 2.25. The lowest BCUT2D eigenvalue weighted by atomic mass is 10.1. The highest BCUT2D eigenvalue weighted by atomic mass is 127. The molecule has 0 spiro atoms. The van der Waals surface area contributed by atoms with Gasteiger partial charge >= 0.3 is 5.97 Å². The number of fused-ring (bicyclic) bond motifs is 1. The van der Waals surface area contributed by atoms with Crippen molar-refractivity contribution in [3.05, 3.63) is 61.3 Å². The van der Waals surface area contributed by atoms with E-state index in [1.165, 1.54) is 0 Å². The van der Waals surface area contributed by atoms with E-state index in [9.17, 15) is 4.79 Å². The van der Waals surface area contributed by atoms with Crippen molar-refractivity contribution in [2.45, 2.75) is 0 Å². The first-order valence-corrected chi connectivity index (χ1v) is 8.85. The Morgan fingerprint density at radius 3 is 2.75 bits per heavy atom. The van der Waals surface area contributed by atoms with E-state index in [0.29, 0.717) is 17.4 Å². The summed E-state index contributed by atoms with van der Waals surface area (Å²) >= 11 is 5.66. The smallest absolute Gasteiger partial charge is 0.363 e. The van der Waals surface area contributed by atoms with Gasteiger partial charge < -0.3 is 14.2 Å². The number of esters is 1. The fraction of sp³-hybridized carbons (Fsp3) is 0.0588. The standard InChI is InChI=1S/C17H9BrINO4/c18-12-7-15-14(22-8-23-15)6-10(12)5-13-17(21)24-16(20-13)9-2-1-3-11(19)4-9/h1-7H,8H2. The molecular formula is C17H9BrINO4. The molecule has 5 nitrogen and oxygen atoms in total. The van der Waals surface area contributed by atoms with Crippen LogP contribution in [0.25, 0.3) is 6.08 Å². The van der Waals surface area contributed by atoms with Crippen LogP contribution in [0.1, 0.15) is 11.1 Å². The molecule has 0 aromatic heterocycles. The number of cyclic esters (lactones) is 1. The molecule has 2 heterocycles. The molecule has 0 N–H and O–H groups in total. The summed E-state index contributed by atoms with van der Waals surface area (Å²) in [5.74, 6) is 1.13. The first-order chi connectivity index (χ1) is 11.6. The first-order valence-electron chi connectivity index (χ1n) is 6.98. The molecule has 120 valence electrons. The van der Waals surface area contributed by atoms with Gasteiger partial charge in [0.05, 0.1) is 0 Å². The van der Waals surface area contributed by atoms with E-state index < -0.39 is 5.97 Å². The van der Waals surface area contributed by atoms with Crippen LogP contribution in [0.15, 0.2) is 51.6 Å². The van der Waals surface area contributed by atoms with Crippen LogP contribution in [-0.4, -0.2) is 18.7 Å². The van der Waals surface area contributed by atoms with Gasteiger partial charge in [0.25, 0.3) is 0 Å². The van der Waals surface area contributed by atoms with E-state index in [0.717, 1.165) is 19.2 Å². The van der Waals surface area contributed by atoms with Gasteiger partial charge in [0.15, 0.2) is 17.2 Å². The van der Waals surface area contributed by atoms with Crippen molar-refractivity contribution in [2.75, 3.05) is 6.79 Å². The number of nitrogens with zero attached hydrogens (tertiary/aromatic N) is 1. The van der Waals surface area contributed by atoms with Crippen LogP contribution >= 0.6 is 38.5 Å². The maximum Gasteiger partial charge on any atom is 0.363 e. The molecule has 0 bridgehead atoms. The van der Waals surface area contributed by atoms with E-state index in [4.69, 9.17) is 14.2 Å². The summed E-state index contributed by atoms with van der Waals surface area (Å²) in [6.45, 7) is 0.193. The Bertz CT molecular complexity index is 923. The van der Waals surface area contributed by atoms with E-state index in [2.05, 4.69) is 43.5 Å². The SMILES string of the molecule is O=C1OC(c2cccc(I)c2)=NC1=Cc1cc2c(cc1Br)OCO2.